The highest BCUT2D eigenvalue weighted by atomic mass is 35.5. The first-order valence-corrected chi connectivity index (χ1v) is 11.0. The number of piperazine rings is 1. The van der Waals surface area contributed by atoms with E-state index in [9.17, 15) is 13.9 Å². The summed E-state index contributed by atoms with van der Waals surface area (Å²) in [6, 6.07) is 11.1. The van der Waals surface area contributed by atoms with Gasteiger partial charge in [-0.2, -0.15) is 5.10 Å². The standard InChI is InChI=1S/C23H26ClF2N5O/c24-21-4-2-1-3-18(21)7-8-29-9-11-30(12-10-29)14-23(32,15-31-17-27-16-28-31)20-6-5-19(25)13-22(20)26/h1-6,13,16-17,32H,7-12,14-15H2. The normalized spacial score (nSPS) is 17.4. The van der Waals surface area contributed by atoms with Crippen LogP contribution < -0.4 is 0 Å². The molecule has 0 saturated carbocycles. The maximum atomic E-state index is 14.6. The largest absolute Gasteiger partial charge is 0.382 e. The number of aliphatic hydroxyl groups is 1. The molecule has 1 fully saturated rings. The van der Waals surface area contributed by atoms with Crippen LogP contribution in [-0.4, -0.2) is 68.9 Å². The van der Waals surface area contributed by atoms with Crippen LogP contribution in [-0.2, 0) is 18.6 Å². The molecule has 1 atom stereocenters. The Kier molecular flexibility index (Phi) is 7.15. The topological polar surface area (TPSA) is 57.4 Å². The van der Waals surface area contributed by atoms with Gasteiger partial charge in [0.1, 0.15) is 29.9 Å². The Morgan fingerprint density at radius 2 is 1.75 bits per heavy atom. The summed E-state index contributed by atoms with van der Waals surface area (Å²) >= 11 is 6.26. The first-order valence-electron chi connectivity index (χ1n) is 10.6. The van der Waals surface area contributed by atoms with E-state index < -0.39 is 17.2 Å². The van der Waals surface area contributed by atoms with Gasteiger partial charge in [0.15, 0.2) is 0 Å². The Morgan fingerprint density at radius 3 is 2.44 bits per heavy atom. The molecule has 1 aliphatic rings. The summed E-state index contributed by atoms with van der Waals surface area (Å²) in [5, 5.41) is 16.3. The maximum absolute atomic E-state index is 14.6. The Labute approximate surface area is 191 Å². The van der Waals surface area contributed by atoms with E-state index in [-0.39, 0.29) is 18.7 Å². The van der Waals surface area contributed by atoms with Gasteiger partial charge in [-0.1, -0.05) is 35.9 Å². The van der Waals surface area contributed by atoms with Crippen molar-refractivity contribution in [3.63, 3.8) is 0 Å². The second kappa shape index (κ2) is 10.0. The van der Waals surface area contributed by atoms with Crippen molar-refractivity contribution in [1.82, 2.24) is 24.6 Å². The van der Waals surface area contributed by atoms with Crippen molar-refractivity contribution in [1.29, 1.82) is 0 Å². The van der Waals surface area contributed by atoms with E-state index in [0.717, 1.165) is 61.9 Å². The number of benzene rings is 2. The fourth-order valence-corrected chi connectivity index (χ4v) is 4.42. The van der Waals surface area contributed by atoms with Crippen LogP contribution in [0, 0.1) is 11.6 Å². The molecule has 170 valence electrons. The van der Waals surface area contributed by atoms with Crippen LogP contribution in [0.4, 0.5) is 8.78 Å². The second-order valence-electron chi connectivity index (χ2n) is 8.21. The van der Waals surface area contributed by atoms with Gasteiger partial charge in [0.2, 0.25) is 0 Å². The minimum Gasteiger partial charge on any atom is -0.382 e. The number of hydrogen-bond donors (Lipinski definition) is 1. The van der Waals surface area contributed by atoms with Gasteiger partial charge in [-0.25, -0.2) is 18.4 Å². The minimum absolute atomic E-state index is 0.0161. The maximum Gasteiger partial charge on any atom is 0.137 e. The Morgan fingerprint density at radius 1 is 1.00 bits per heavy atom. The molecule has 1 N–H and O–H groups in total. The van der Waals surface area contributed by atoms with Crippen molar-refractivity contribution in [3.8, 4) is 0 Å². The lowest BCUT2D eigenvalue weighted by Gasteiger charge is -2.39. The molecule has 2 aromatic carbocycles. The first-order chi connectivity index (χ1) is 15.4. The zero-order valence-electron chi connectivity index (χ0n) is 17.7. The summed E-state index contributed by atoms with van der Waals surface area (Å²) in [7, 11) is 0. The van der Waals surface area contributed by atoms with Gasteiger partial charge in [0.25, 0.3) is 0 Å². The van der Waals surface area contributed by atoms with Gasteiger partial charge in [0.05, 0.1) is 6.54 Å². The highest BCUT2D eigenvalue weighted by Crippen LogP contribution is 2.28. The van der Waals surface area contributed by atoms with E-state index in [1.807, 2.05) is 24.3 Å². The van der Waals surface area contributed by atoms with Gasteiger partial charge < -0.3 is 10.0 Å². The summed E-state index contributed by atoms with van der Waals surface area (Å²) in [6.07, 6.45) is 3.70. The summed E-state index contributed by atoms with van der Waals surface area (Å²) in [4.78, 5) is 8.36. The van der Waals surface area contributed by atoms with Crippen molar-refractivity contribution in [3.05, 3.63) is 82.9 Å². The van der Waals surface area contributed by atoms with Crippen LogP contribution in [0.2, 0.25) is 5.02 Å². The lowest BCUT2D eigenvalue weighted by atomic mass is 9.92. The lowest BCUT2D eigenvalue weighted by Crippen LogP contribution is -2.52. The minimum atomic E-state index is -1.58. The smallest absolute Gasteiger partial charge is 0.137 e. The fourth-order valence-electron chi connectivity index (χ4n) is 4.19. The molecule has 9 heteroatoms. The number of aromatic nitrogens is 3. The summed E-state index contributed by atoms with van der Waals surface area (Å²) in [5.41, 5.74) is -0.397. The molecule has 0 spiro atoms. The Balaban J connectivity index is 1.40. The monoisotopic (exact) mass is 461 g/mol. The third-order valence-electron chi connectivity index (χ3n) is 5.93. The zero-order valence-corrected chi connectivity index (χ0v) is 18.4. The molecule has 0 aliphatic carbocycles. The predicted molar refractivity (Wildman–Crippen MR) is 118 cm³/mol. The fraction of sp³-hybridized carbons (Fsp3) is 0.391. The highest BCUT2D eigenvalue weighted by Gasteiger charge is 2.36. The quantitative estimate of drug-likeness (QED) is 0.559. The zero-order chi connectivity index (χ0) is 22.6. The van der Waals surface area contributed by atoms with E-state index >= 15 is 0 Å². The lowest BCUT2D eigenvalue weighted by molar-refractivity contribution is -0.0317. The summed E-state index contributed by atoms with van der Waals surface area (Å²) in [5.74, 6) is -1.45. The van der Waals surface area contributed by atoms with E-state index in [1.165, 1.54) is 23.4 Å². The van der Waals surface area contributed by atoms with Gasteiger partial charge >= 0.3 is 0 Å². The van der Waals surface area contributed by atoms with Crippen LogP contribution in [0.15, 0.2) is 55.1 Å². The molecule has 3 aromatic rings. The molecule has 0 bridgehead atoms. The first kappa shape index (κ1) is 22.8. The molecular formula is C23H26ClF2N5O. The van der Waals surface area contributed by atoms with Crippen molar-refractivity contribution in [2.24, 2.45) is 0 Å². The third kappa shape index (κ3) is 5.50. The van der Waals surface area contributed by atoms with Crippen LogP contribution in [0.3, 0.4) is 0 Å². The molecule has 0 amide bonds. The molecule has 6 nitrogen and oxygen atoms in total. The Hall–Kier alpha value is -2.39. The molecule has 1 aromatic heterocycles. The molecule has 32 heavy (non-hydrogen) atoms. The summed E-state index contributed by atoms with van der Waals surface area (Å²) < 4.78 is 29.5. The number of nitrogens with zero attached hydrogens (tertiary/aromatic N) is 5. The average molecular weight is 462 g/mol. The van der Waals surface area contributed by atoms with Crippen molar-refractivity contribution in [2.45, 2.75) is 18.6 Å². The molecule has 4 rings (SSSR count). The van der Waals surface area contributed by atoms with E-state index in [4.69, 9.17) is 11.6 Å². The SMILES string of the molecule is OC(CN1CCN(CCc2ccccc2Cl)CC1)(Cn1cncn1)c1ccc(F)cc1F. The van der Waals surface area contributed by atoms with E-state index in [0.29, 0.717) is 0 Å². The average Bonchev–Trinajstić information content (AvgIpc) is 3.26. The van der Waals surface area contributed by atoms with Crippen LogP contribution in [0.1, 0.15) is 11.1 Å². The van der Waals surface area contributed by atoms with Gasteiger partial charge in [-0.05, 0) is 24.1 Å². The summed E-state index contributed by atoms with van der Waals surface area (Å²) in [6.45, 7) is 4.23. The number of β-amino-alcohol motifs (C(OH)–C–C–N with tert-alkyl or cyclic N) is 1. The van der Waals surface area contributed by atoms with Crippen molar-refractivity contribution >= 4 is 11.6 Å². The molecule has 1 unspecified atom stereocenters. The van der Waals surface area contributed by atoms with E-state index in [2.05, 4.69) is 19.9 Å². The van der Waals surface area contributed by atoms with Crippen LogP contribution >= 0.6 is 11.6 Å². The van der Waals surface area contributed by atoms with Crippen LogP contribution in [0.25, 0.3) is 0 Å². The highest BCUT2D eigenvalue weighted by molar-refractivity contribution is 6.31. The third-order valence-corrected chi connectivity index (χ3v) is 6.30. The van der Waals surface area contributed by atoms with E-state index in [1.54, 1.807) is 0 Å². The molecule has 1 aliphatic heterocycles. The predicted octanol–water partition coefficient (Wildman–Crippen LogP) is 2.96. The van der Waals surface area contributed by atoms with Gasteiger partial charge in [0, 0.05) is 55.9 Å². The van der Waals surface area contributed by atoms with Gasteiger partial charge in [-0.3, -0.25) is 4.90 Å². The van der Waals surface area contributed by atoms with Crippen LogP contribution in [0.5, 0.6) is 0 Å². The molecule has 1 saturated heterocycles. The second-order valence-corrected chi connectivity index (χ2v) is 8.62. The Bertz CT molecular complexity index is 1030. The number of rotatable bonds is 8. The van der Waals surface area contributed by atoms with Crippen molar-refractivity contribution in [2.75, 3.05) is 39.3 Å². The molecule has 2 heterocycles. The number of halogens is 3. The molecule has 0 radical (unpaired) electrons. The molecular weight excluding hydrogens is 436 g/mol. The number of hydrogen-bond acceptors (Lipinski definition) is 5. The van der Waals surface area contributed by atoms with Gasteiger partial charge in [-0.15, -0.1) is 0 Å². The van der Waals surface area contributed by atoms with Crippen molar-refractivity contribution < 1.29 is 13.9 Å².